The highest BCUT2D eigenvalue weighted by Gasteiger charge is 2.17. The molecule has 1 rings (SSSR count). The molecule has 0 aliphatic heterocycles. The van der Waals surface area contributed by atoms with Gasteiger partial charge in [-0.05, 0) is 30.4 Å². The standard InChI is InChI=1S/C18H29N3O2/c1-5-7-14-8-10-15(11-9-14)17(13(3)4)20-12-16(22)21-18(23)19-6-2/h8-11,13,17,20H,5-7,12H2,1-4H3,(H2,19,21,22,23)/t17-/m0/s1. The number of imide groups is 1. The molecule has 5 heteroatoms. The van der Waals surface area contributed by atoms with Gasteiger partial charge in [-0.1, -0.05) is 51.5 Å². The third-order valence-corrected chi connectivity index (χ3v) is 3.62. The van der Waals surface area contributed by atoms with Crippen molar-refractivity contribution in [2.75, 3.05) is 13.1 Å². The van der Waals surface area contributed by atoms with Crippen LogP contribution in [0.1, 0.15) is 51.3 Å². The van der Waals surface area contributed by atoms with Crippen molar-refractivity contribution in [1.29, 1.82) is 0 Å². The molecule has 1 aromatic carbocycles. The number of urea groups is 1. The van der Waals surface area contributed by atoms with Crippen molar-refractivity contribution < 1.29 is 9.59 Å². The summed E-state index contributed by atoms with van der Waals surface area (Å²) < 4.78 is 0. The summed E-state index contributed by atoms with van der Waals surface area (Å²) in [4.78, 5) is 23.1. The van der Waals surface area contributed by atoms with Gasteiger partial charge in [0.2, 0.25) is 5.91 Å². The van der Waals surface area contributed by atoms with Crippen LogP contribution in [0.2, 0.25) is 0 Å². The molecule has 128 valence electrons. The number of carbonyl (C=O) groups is 2. The molecule has 0 bridgehead atoms. The molecular formula is C18H29N3O2. The largest absolute Gasteiger partial charge is 0.338 e. The third-order valence-electron chi connectivity index (χ3n) is 3.62. The van der Waals surface area contributed by atoms with Gasteiger partial charge in [-0.15, -0.1) is 0 Å². The van der Waals surface area contributed by atoms with E-state index in [1.807, 2.05) is 0 Å². The maximum absolute atomic E-state index is 11.8. The Labute approximate surface area is 139 Å². The first-order valence-electron chi connectivity index (χ1n) is 8.37. The molecule has 0 aliphatic carbocycles. The van der Waals surface area contributed by atoms with Crippen LogP contribution in [-0.4, -0.2) is 25.0 Å². The highest BCUT2D eigenvalue weighted by atomic mass is 16.2. The van der Waals surface area contributed by atoms with Gasteiger partial charge in [0, 0.05) is 12.6 Å². The fourth-order valence-electron chi connectivity index (χ4n) is 2.50. The van der Waals surface area contributed by atoms with Gasteiger partial charge in [0.1, 0.15) is 0 Å². The van der Waals surface area contributed by atoms with Gasteiger partial charge in [0.05, 0.1) is 6.54 Å². The first-order valence-corrected chi connectivity index (χ1v) is 8.37. The summed E-state index contributed by atoms with van der Waals surface area (Å²) in [5.41, 5.74) is 2.48. The molecule has 0 heterocycles. The summed E-state index contributed by atoms with van der Waals surface area (Å²) in [6, 6.07) is 8.14. The molecule has 0 saturated carbocycles. The zero-order valence-electron chi connectivity index (χ0n) is 14.6. The number of benzene rings is 1. The Hall–Kier alpha value is -1.88. The molecule has 0 saturated heterocycles. The molecule has 0 radical (unpaired) electrons. The lowest BCUT2D eigenvalue weighted by molar-refractivity contribution is -0.119. The monoisotopic (exact) mass is 319 g/mol. The number of rotatable bonds is 8. The Kier molecular flexibility index (Phi) is 8.33. The van der Waals surface area contributed by atoms with Gasteiger partial charge >= 0.3 is 6.03 Å². The van der Waals surface area contributed by atoms with E-state index in [0.717, 1.165) is 18.4 Å². The number of amides is 3. The molecule has 3 N–H and O–H groups in total. The normalized spacial score (nSPS) is 12.0. The lowest BCUT2D eigenvalue weighted by Crippen LogP contribution is -2.44. The van der Waals surface area contributed by atoms with E-state index in [1.165, 1.54) is 5.56 Å². The third kappa shape index (κ3) is 6.82. The van der Waals surface area contributed by atoms with Crippen LogP contribution in [0.25, 0.3) is 0 Å². The summed E-state index contributed by atoms with van der Waals surface area (Å²) in [7, 11) is 0. The van der Waals surface area contributed by atoms with E-state index >= 15 is 0 Å². The van der Waals surface area contributed by atoms with Crippen LogP contribution >= 0.6 is 0 Å². The molecule has 0 spiro atoms. The molecule has 5 nitrogen and oxygen atoms in total. The number of aryl methyl sites for hydroxylation is 1. The Morgan fingerprint density at radius 3 is 2.26 bits per heavy atom. The second-order valence-electron chi connectivity index (χ2n) is 6.00. The molecule has 0 aromatic heterocycles. The van der Waals surface area contributed by atoms with Crippen LogP contribution in [0.15, 0.2) is 24.3 Å². The minimum Gasteiger partial charge on any atom is -0.338 e. The van der Waals surface area contributed by atoms with E-state index in [4.69, 9.17) is 0 Å². The van der Waals surface area contributed by atoms with Crippen molar-refractivity contribution in [3.63, 3.8) is 0 Å². The van der Waals surface area contributed by atoms with Crippen LogP contribution < -0.4 is 16.0 Å². The minimum atomic E-state index is -0.454. The van der Waals surface area contributed by atoms with E-state index in [9.17, 15) is 9.59 Å². The second-order valence-corrected chi connectivity index (χ2v) is 6.00. The molecule has 3 amide bonds. The maximum Gasteiger partial charge on any atom is 0.321 e. The van der Waals surface area contributed by atoms with Crippen LogP contribution in [-0.2, 0) is 11.2 Å². The number of hydrogen-bond acceptors (Lipinski definition) is 3. The van der Waals surface area contributed by atoms with Crippen LogP contribution in [0, 0.1) is 5.92 Å². The van der Waals surface area contributed by atoms with Gasteiger partial charge < -0.3 is 10.6 Å². The molecule has 0 unspecified atom stereocenters. The summed E-state index contributed by atoms with van der Waals surface area (Å²) in [5, 5.41) is 8.08. The molecule has 0 aliphatic rings. The van der Waals surface area contributed by atoms with Crippen molar-refractivity contribution in [1.82, 2.24) is 16.0 Å². The lowest BCUT2D eigenvalue weighted by Gasteiger charge is -2.23. The Morgan fingerprint density at radius 2 is 1.74 bits per heavy atom. The smallest absolute Gasteiger partial charge is 0.321 e. The van der Waals surface area contributed by atoms with Gasteiger partial charge in [-0.3, -0.25) is 10.1 Å². The molecule has 1 atom stereocenters. The summed E-state index contributed by atoms with van der Waals surface area (Å²) >= 11 is 0. The van der Waals surface area contributed by atoms with E-state index in [1.54, 1.807) is 6.92 Å². The number of carbonyl (C=O) groups excluding carboxylic acids is 2. The molecular weight excluding hydrogens is 290 g/mol. The zero-order chi connectivity index (χ0) is 17.2. The first kappa shape index (κ1) is 19.2. The Bertz CT molecular complexity index is 497. The SMILES string of the molecule is CCCc1ccc([C@@H](NCC(=O)NC(=O)NCC)C(C)C)cc1. The molecule has 0 fully saturated rings. The van der Waals surface area contributed by atoms with Crippen molar-refractivity contribution in [2.24, 2.45) is 5.92 Å². The number of hydrogen-bond donors (Lipinski definition) is 3. The average molecular weight is 319 g/mol. The fourth-order valence-corrected chi connectivity index (χ4v) is 2.50. The Balaban J connectivity index is 2.61. The predicted molar refractivity (Wildman–Crippen MR) is 93.2 cm³/mol. The van der Waals surface area contributed by atoms with Crippen molar-refractivity contribution >= 4 is 11.9 Å². The van der Waals surface area contributed by atoms with Crippen LogP contribution in [0.5, 0.6) is 0 Å². The Morgan fingerprint density at radius 1 is 1.09 bits per heavy atom. The lowest BCUT2D eigenvalue weighted by atomic mass is 9.94. The summed E-state index contributed by atoms with van der Waals surface area (Å²) in [6.07, 6.45) is 2.21. The predicted octanol–water partition coefficient (Wildman–Crippen LogP) is 2.77. The van der Waals surface area contributed by atoms with Gasteiger partial charge in [0.15, 0.2) is 0 Å². The van der Waals surface area contributed by atoms with Crippen molar-refractivity contribution in [3.05, 3.63) is 35.4 Å². The maximum atomic E-state index is 11.8. The highest BCUT2D eigenvalue weighted by Crippen LogP contribution is 2.22. The van der Waals surface area contributed by atoms with Crippen LogP contribution in [0.3, 0.4) is 0 Å². The van der Waals surface area contributed by atoms with Crippen LogP contribution in [0.4, 0.5) is 4.79 Å². The van der Waals surface area contributed by atoms with Gasteiger partial charge in [-0.2, -0.15) is 0 Å². The van der Waals surface area contributed by atoms with E-state index < -0.39 is 6.03 Å². The van der Waals surface area contributed by atoms with Crippen molar-refractivity contribution in [3.8, 4) is 0 Å². The van der Waals surface area contributed by atoms with E-state index in [2.05, 4.69) is 61.0 Å². The minimum absolute atomic E-state index is 0.0747. The van der Waals surface area contributed by atoms with E-state index in [0.29, 0.717) is 12.5 Å². The van der Waals surface area contributed by atoms with Gasteiger partial charge in [0.25, 0.3) is 0 Å². The second kappa shape index (κ2) is 10.0. The number of nitrogens with one attached hydrogen (secondary N) is 3. The first-order chi connectivity index (χ1) is 11.0. The van der Waals surface area contributed by atoms with Crippen molar-refractivity contribution in [2.45, 2.75) is 46.6 Å². The topological polar surface area (TPSA) is 70.2 Å². The fraction of sp³-hybridized carbons (Fsp3) is 0.556. The van der Waals surface area contributed by atoms with Gasteiger partial charge in [-0.25, -0.2) is 4.79 Å². The zero-order valence-corrected chi connectivity index (χ0v) is 14.6. The molecule has 1 aromatic rings. The van der Waals surface area contributed by atoms with E-state index in [-0.39, 0.29) is 18.5 Å². The summed E-state index contributed by atoms with van der Waals surface area (Å²) in [6.45, 7) is 8.79. The quantitative estimate of drug-likeness (QED) is 0.690. The molecule has 23 heavy (non-hydrogen) atoms. The average Bonchev–Trinajstić information content (AvgIpc) is 2.49. The highest BCUT2D eigenvalue weighted by molar-refractivity contribution is 5.95. The summed E-state index contributed by atoms with van der Waals surface area (Å²) in [5.74, 6) is 0.00787.